The molecule has 1 aliphatic rings. The second-order valence-electron chi connectivity index (χ2n) is 11.8. The van der Waals surface area contributed by atoms with E-state index in [9.17, 15) is 0 Å². The predicted molar refractivity (Wildman–Crippen MR) is 181 cm³/mol. The van der Waals surface area contributed by atoms with Crippen LogP contribution in [0.5, 0.6) is 0 Å². The Labute approximate surface area is 244 Å². The first-order valence-corrected chi connectivity index (χ1v) is 14.9. The molecular formula is C41H29N. The van der Waals surface area contributed by atoms with Gasteiger partial charge < -0.3 is 4.98 Å². The summed E-state index contributed by atoms with van der Waals surface area (Å²) < 4.78 is 0. The molecule has 0 saturated heterocycles. The SMILES string of the molecule is CC1C=Cc2cccc(-c3c4ccccc4c(-c4ccc5[nH]c6c7ccccc7ccc6c5c4)c4ccccc34)c2C1. The molecule has 1 aromatic heterocycles. The quantitative estimate of drug-likeness (QED) is 0.212. The maximum Gasteiger partial charge on any atom is 0.0544 e. The van der Waals surface area contributed by atoms with Crippen LogP contribution in [0.25, 0.3) is 82.5 Å². The fraction of sp³-hybridized carbons (Fsp3) is 0.0732. The third-order valence-electron chi connectivity index (χ3n) is 9.33. The smallest absolute Gasteiger partial charge is 0.0544 e. The van der Waals surface area contributed by atoms with Crippen molar-refractivity contribution in [2.75, 3.05) is 0 Å². The first kappa shape index (κ1) is 23.6. The van der Waals surface area contributed by atoms with Crippen LogP contribution in [0, 0.1) is 5.92 Å². The monoisotopic (exact) mass is 535 g/mol. The normalized spacial score (nSPS) is 14.8. The number of fused-ring (bicyclic) bond motifs is 8. The summed E-state index contributed by atoms with van der Waals surface area (Å²) in [4.78, 5) is 3.73. The van der Waals surface area contributed by atoms with Crippen molar-refractivity contribution in [1.29, 1.82) is 0 Å². The maximum atomic E-state index is 3.73. The molecule has 0 fully saturated rings. The van der Waals surface area contributed by atoms with Gasteiger partial charge in [-0.15, -0.1) is 0 Å². The molecule has 1 atom stereocenters. The van der Waals surface area contributed by atoms with E-state index in [0.717, 1.165) is 6.42 Å². The Bertz CT molecular complexity index is 2340. The average molecular weight is 536 g/mol. The van der Waals surface area contributed by atoms with E-state index < -0.39 is 0 Å². The second kappa shape index (κ2) is 8.93. The Balaban J connectivity index is 1.36. The van der Waals surface area contributed by atoms with Gasteiger partial charge in [0.05, 0.1) is 5.52 Å². The zero-order valence-corrected chi connectivity index (χ0v) is 23.5. The van der Waals surface area contributed by atoms with Crippen molar-refractivity contribution in [2.45, 2.75) is 13.3 Å². The van der Waals surface area contributed by atoms with Crippen LogP contribution >= 0.6 is 0 Å². The molecule has 0 radical (unpaired) electrons. The van der Waals surface area contributed by atoms with Crippen molar-refractivity contribution < 1.29 is 0 Å². The zero-order valence-electron chi connectivity index (χ0n) is 23.5. The number of nitrogens with one attached hydrogen (secondary N) is 1. The lowest BCUT2D eigenvalue weighted by Gasteiger charge is -2.23. The van der Waals surface area contributed by atoms with E-state index in [1.807, 2.05) is 0 Å². The van der Waals surface area contributed by atoms with Crippen LogP contribution in [0.15, 0.2) is 127 Å². The molecule has 1 heterocycles. The fourth-order valence-corrected chi connectivity index (χ4v) is 7.41. The molecule has 1 unspecified atom stereocenters. The van der Waals surface area contributed by atoms with E-state index in [0.29, 0.717) is 5.92 Å². The minimum absolute atomic E-state index is 0.537. The molecular weight excluding hydrogens is 506 g/mol. The van der Waals surface area contributed by atoms with E-state index >= 15 is 0 Å². The number of allylic oxidation sites excluding steroid dienone is 1. The summed E-state index contributed by atoms with van der Waals surface area (Å²) in [5.74, 6) is 0.537. The Hall–Kier alpha value is -5.14. The number of H-pyrrole nitrogens is 1. The second-order valence-corrected chi connectivity index (χ2v) is 11.8. The number of rotatable bonds is 2. The largest absolute Gasteiger partial charge is 0.354 e. The third-order valence-corrected chi connectivity index (χ3v) is 9.33. The lowest BCUT2D eigenvalue weighted by molar-refractivity contribution is 0.718. The summed E-state index contributed by atoms with van der Waals surface area (Å²) in [6.07, 6.45) is 5.72. The minimum Gasteiger partial charge on any atom is -0.354 e. The molecule has 1 N–H and O–H groups in total. The molecule has 42 heavy (non-hydrogen) atoms. The molecule has 0 amide bonds. The fourth-order valence-electron chi connectivity index (χ4n) is 7.41. The summed E-state index contributed by atoms with van der Waals surface area (Å²) in [5.41, 5.74) is 10.5. The van der Waals surface area contributed by atoms with Crippen LogP contribution in [-0.4, -0.2) is 4.98 Å². The van der Waals surface area contributed by atoms with Crippen LogP contribution < -0.4 is 0 Å². The Morgan fingerprint density at radius 3 is 2.02 bits per heavy atom. The van der Waals surface area contributed by atoms with Crippen molar-refractivity contribution in [3.63, 3.8) is 0 Å². The van der Waals surface area contributed by atoms with E-state index in [1.165, 1.54) is 87.5 Å². The molecule has 9 rings (SSSR count). The van der Waals surface area contributed by atoms with Gasteiger partial charge in [0.2, 0.25) is 0 Å². The van der Waals surface area contributed by atoms with Gasteiger partial charge in [0.15, 0.2) is 0 Å². The third kappa shape index (κ3) is 3.37. The van der Waals surface area contributed by atoms with E-state index in [2.05, 4.69) is 145 Å². The summed E-state index contributed by atoms with van der Waals surface area (Å²) in [6.45, 7) is 2.32. The van der Waals surface area contributed by atoms with Gasteiger partial charge in [0, 0.05) is 21.7 Å². The van der Waals surface area contributed by atoms with E-state index in [-0.39, 0.29) is 0 Å². The highest BCUT2D eigenvalue weighted by Gasteiger charge is 2.21. The summed E-state index contributed by atoms with van der Waals surface area (Å²) in [6, 6.07) is 44.9. The van der Waals surface area contributed by atoms with Gasteiger partial charge in [-0.05, 0) is 84.8 Å². The van der Waals surface area contributed by atoms with Crippen LogP contribution in [0.3, 0.4) is 0 Å². The van der Waals surface area contributed by atoms with Crippen LogP contribution in [0.4, 0.5) is 0 Å². The lowest BCUT2D eigenvalue weighted by atomic mass is 9.81. The number of benzene rings is 7. The van der Waals surface area contributed by atoms with Gasteiger partial charge in [-0.1, -0.05) is 128 Å². The molecule has 1 nitrogen and oxygen atoms in total. The molecule has 0 saturated carbocycles. The molecule has 0 bridgehead atoms. The van der Waals surface area contributed by atoms with E-state index in [1.54, 1.807) is 0 Å². The molecule has 1 heteroatoms. The van der Waals surface area contributed by atoms with E-state index in [4.69, 9.17) is 0 Å². The van der Waals surface area contributed by atoms with Gasteiger partial charge in [0.1, 0.15) is 0 Å². The standard InChI is InChI=1S/C41H29N/c1-25-17-18-27-10-8-16-34(36(27)23-25)40-32-14-6-4-12-30(32)39(31-13-5-7-15-33(31)40)28-20-22-38-37(24-28)35-21-19-26-9-2-3-11-29(26)41(35)42-38/h2-22,24-25,42H,23H2,1H3. The van der Waals surface area contributed by atoms with Gasteiger partial charge in [-0.3, -0.25) is 0 Å². The lowest BCUT2D eigenvalue weighted by Crippen LogP contribution is -2.05. The Morgan fingerprint density at radius 2 is 1.26 bits per heavy atom. The highest BCUT2D eigenvalue weighted by Crippen LogP contribution is 2.46. The Morgan fingerprint density at radius 1 is 0.571 bits per heavy atom. The molecule has 8 aromatic rings. The molecule has 0 spiro atoms. The molecule has 1 aliphatic carbocycles. The number of hydrogen-bond donors (Lipinski definition) is 1. The average Bonchev–Trinajstić information content (AvgIpc) is 3.42. The van der Waals surface area contributed by atoms with Crippen molar-refractivity contribution in [3.05, 3.63) is 139 Å². The van der Waals surface area contributed by atoms with Gasteiger partial charge in [-0.25, -0.2) is 0 Å². The minimum atomic E-state index is 0.537. The van der Waals surface area contributed by atoms with Crippen molar-refractivity contribution >= 4 is 60.2 Å². The van der Waals surface area contributed by atoms with Crippen LogP contribution in [0.1, 0.15) is 18.1 Å². The molecule has 198 valence electrons. The summed E-state index contributed by atoms with van der Waals surface area (Å²) in [7, 11) is 0. The highest BCUT2D eigenvalue weighted by molar-refractivity contribution is 6.23. The number of hydrogen-bond acceptors (Lipinski definition) is 0. The predicted octanol–water partition coefficient (Wildman–Crippen LogP) is 11.3. The van der Waals surface area contributed by atoms with Crippen molar-refractivity contribution in [3.8, 4) is 22.3 Å². The maximum absolute atomic E-state index is 3.73. The first-order valence-electron chi connectivity index (χ1n) is 14.9. The number of aromatic amines is 1. The summed E-state index contributed by atoms with van der Waals surface area (Å²) >= 11 is 0. The first-order chi connectivity index (χ1) is 20.7. The summed E-state index contributed by atoms with van der Waals surface area (Å²) in [5, 5.41) is 10.3. The van der Waals surface area contributed by atoms with Gasteiger partial charge in [-0.2, -0.15) is 0 Å². The number of aromatic nitrogens is 1. The van der Waals surface area contributed by atoms with Crippen molar-refractivity contribution in [2.24, 2.45) is 5.92 Å². The highest BCUT2D eigenvalue weighted by atomic mass is 14.7. The van der Waals surface area contributed by atoms with Crippen LogP contribution in [0.2, 0.25) is 0 Å². The van der Waals surface area contributed by atoms with Crippen LogP contribution in [-0.2, 0) is 6.42 Å². The van der Waals surface area contributed by atoms with Gasteiger partial charge >= 0.3 is 0 Å². The van der Waals surface area contributed by atoms with Gasteiger partial charge in [0.25, 0.3) is 0 Å². The zero-order chi connectivity index (χ0) is 27.8. The Kier molecular flexibility index (Phi) is 5.01. The molecule has 7 aromatic carbocycles. The topological polar surface area (TPSA) is 15.8 Å². The van der Waals surface area contributed by atoms with Crippen molar-refractivity contribution in [1.82, 2.24) is 4.98 Å². The molecule has 0 aliphatic heterocycles.